The van der Waals surface area contributed by atoms with Crippen LogP contribution in [0.4, 0.5) is 0 Å². The maximum absolute atomic E-state index is 9.34. The second-order valence-corrected chi connectivity index (χ2v) is 7.17. The van der Waals surface area contributed by atoms with Crippen molar-refractivity contribution in [3.8, 4) is 6.07 Å². The number of hydrogen-bond acceptors (Lipinski definition) is 1. The Morgan fingerprint density at radius 1 is 0.885 bits per heavy atom. The average molecular weight is 333 g/mol. The molecule has 1 heteroatoms. The van der Waals surface area contributed by atoms with Crippen molar-refractivity contribution < 1.29 is 0 Å². The predicted molar refractivity (Wildman–Crippen MR) is 107 cm³/mol. The average Bonchev–Trinajstić information content (AvgIpc) is 2.72. The largest absolute Gasteiger partial charge is 0.192 e. The third-order valence-electron chi connectivity index (χ3n) is 5.70. The fourth-order valence-electron chi connectivity index (χ4n) is 4.54. The van der Waals surface area contributed by atoms with Crippen molar-refractivity contribution in [3.05, 3.63) is 101 Å². The molecule has 0 bridgehead atoms. The smallest absolute Gasteiger partial charge is 0.0991 e. The van der Waals surface area contributed by atoms with Gasteiger partial charge in [-0.2, -0.15) is 5.26 Å². The van der Waals surface area contributed by atoms with Crippen molar-refractivity contribution in [2.45, 2.75) is 25.2 Å². The first-order valence-electron chi connectivity index (χ1n) is 9.27. The van der Waals surface area contributed by atoms with E-state index < -0.39 is 0 Å². The lowest BCUT2D eigenvalue weighted by Gasteiger charge is -2.33. The van der Waals surface area contributed by atoms with E-state index in [1.54, 1.807) is 0 Å². The van der Waals surface area contributed by atoms with Crippen LogP contribution >= 0.6 is 0 Å². The summed E-state index contributed by atoms with van der Waals surface area (Å²) in [6.07, 6.45) is 8.09. The Kier molecular flexibility index (Phi) is 3.50. The van der Waals surface area contributed by atoms with Crippen molar-refractivity contribution in [1.82, 2.24) is 0 Å². The first-order valence-corrected chi connectivity index (χ1v) is 9.27. The van der Waals surface area contributed by atoms with Crippen LogP contribution in [0, 0.1) is 11.3 Å². The van der Waals surface area contributed by atoms with E-state index in [1.807, 2.05) is 12.1 Å². The minimum Gasteiger partial charge on any atom is -0.192 e. The van der Waals surface area contributed by atoms with Crippen molar-refractivity contribution in [3.63, 3.8) is 0 Å². The monoisotopic (exact) mass is 333 g/mol. The molecule has 0 fully saturated rings. The van der Waals surface area contributed by atoms with Gasteiger partial charge in [-0.25, -0.2) is 0 Å². The molecule has 2 aliphatic carbocycles. The van der Waals surface area contributed by atoms with Crippen molar-refractivity contribution in [1.29, 1.82) is 5.26 Å². The molecule has 0 aliphatic heterocycles. The lowest BCUT2D eigenvalue weighted by molar-refractivity contribution is 0.786. The maximum atomic E-state index is 9.34. The third kappa shape index (κ3) is 2.30. The minimum absolute atomic E-state index is 0.297. The van der Waals surface area contributed by atoms with E-state index in [0.29, 0.717) is 5.92 Å². The minimum atomic E-state index is 0.297. The van der Waals surface area contributed by atoms with E-state index >= 15 is 0 Å². The van der Waals surface area contributed by atoms with E-state index in [4.69, 9.17) is 0 Å². The Morgan fingerprint density at radius 3 is 2.69 bits per heavy atom. The molecule has 5 rings (SSSR count). The van der Waals surface area contributed by atoms with Crippen LogP contribution in [0.2, 0.25) is 0 Å². The number of nitriles is 1. The normalized spacial score (nSPS) is 18.3. The van der Waals surface area contributed by atoms with Gasteiger partial charge in [-0.15, -0.1) is 0 Å². The molecule has 0 saturated carbocycles. The molecule has 0 amide bonds. The van der Waals surface area contributed by atoms with Gasteiger partial charge < -0.3 is 0 Å². The molecule has 1 unspecified atom stereocenters. The second kappa shape index (κ2) is 6.00. The van der Waals surface area contributed by atoms with Crippen molar-refractivity contribution in [2.24, 2.45) is 0 Å². The topological polar surface area (TPSA) is 23.8 Å². The number of allylic oxidation sites excluding steroid dienone is 4. The predicted octanol–water partition coefficient (Wildman–Crippen LogP) is 6.35. The quantitative estimate of drug-likeness (QED) is 0.509. The highest BCUT2D eigenvalue weighted by Crippen LogP contribution is 2.48. The Morgan fingerprint density at radius 2 is 1.77 bits per heavy atom. The lowest BCUT2D eigenvalue weighted by atomic mass is 9.71. The van der Waals surface area contributed by atoms with Gasteiger partial charge >= 0.3 is 0 Å². The molecule has 26 heavy (non-hydrogen) atoms. The van der Waals surface area contributed by atoms with Gasteiger partial charge in [0.1, 0.15) is 0 Å². The standard InChI is InChI=1S/C25H19N/c26-16-17-6-5-9-19(14-17)24-15-20-8-2-3-10-21(20)23-13-12-18-7-1-4-11-22(18)25(23)24/h1,4-14,24H,2-3,15H2. The summed E-state index contributed by atoms with van der Waals surface area (Å²) in [4.78, 5) is 0. The van der Waals surface area contributed by atoms with Crippen LogP contribution in [-0.2, 0) is 0 Å². The zero-order chi connectivity index (χ0) is 17.5. The van der Waals surface area contributed by atoms with Gasteiger partial charge in [-0.05, 0) is 70.0 Å². The summed E-state index contributed by atoms with van der Waals surface area (Å²) in [5.41, 5.74) is 7.66. The van der Waals surface area contributed by atoms with Crippen LogP contribution in [0.15, 0.2) is 78.4 Å². The highest BCUT2D eigenvalue weighted by molar-refractivity contribution is 5.96. The Hall–Kier alpha value is -3.11. The highest BCUT2D eigenvalue weighted by atomic mass is 14.3. The Balaban J connectivity index is 1.81. The van der Waals surface area contributed by atoms with Crippen LogP contribution in [0.25, 0.3) is 16.3 Å². The van der Waals surface area contributed by atoms with Gasteiger partial charge in [0.2, 0.25) is 0 Å². The fraction of sp³-hybridized carbons (Fsp3) is 0.160. The summed E-state index contributed by atoms with van der Waals surface area (Å²) in [5.74, 6) is 0.297. The fourth-order valence-corrected chi connectivity index (χ4v) is 4.54. The van der Waals surface area contributed by atoms with E-state index in [-0.39, 0.29) is 0 Å². The van der Waals surface area contributed by atoms with Crippen LogP contribution < -0.4 is 0 Å². The van der Waals surface area contributed by atoms with Crippen molar-refractivity contribution >= 4 is 16.3 Å². The Labute approximate surface area is 153 Å². The van der Waals surface area contributed by atoms with Gasteiger partial charge in [0.15, 0.2) is 0 Å². The van der Waals surface area contributed by atoms with Crippen LogP contribution in [0.3, 0.4) is 0 Å². The lowest BCUT2D eigenvalue weighted by Crippen LogP contribution is -2.14. The van der Waals surface area contributed by atoms with E-state index in [2.05, 4.69) is 66.8 Å². The molecule has 0 N–H and O–H groups in total. The molecule has 124 valence electrons. The summed E-state index contributed by atoms with van der Waals surface area (Å²) in [6, 6.07) is 23.7. The summed E-state index contributed by atoms with van der Waals surface area (Å²) in [6.45, 7) is 0. The summed E-state index contributed by atoms with van der Waals surface area (Å²) >= 11 is 0. The van der Waals surface area contributed by atoms with E-state index in [0.717, 1.165) is 24.8 Å². The molecule has 0 heterocycles. The number of hydrogen-bond donors (Lipinski definition) is 0. The summed E-state index contributed by atoms with van der Waals surface area (Å²) < 4.78 is 0. The number of rotatable bonds is 1. The molecule has 3 aromatic carbocycles. The molecule has 0 radical (unpaired) electrons. The van der Waals surface area contributed by atoms with Crippen LogP contribution in [0.5, 0.6) is 0 Å². The second-order valence-electron chi connectivity index (χ2n) is 7.17. The molecule has 2 aliphatic rings. The van der Waals surface area contributed by atoms with Crippen LogP contribution in [-0.4, -0.2) is 0 Å². The number of nitrogens with zero attached hydrogens (tertiary/aromatic N) is 1. The summed E-state index contributed by atoms with van der Waals surface area (Å²) in [5, 5.41) is 12.0. The Bertz CT molecular complexity index is 1120. The van der Waals surface area contributed by atoms with Crippen molar-refractivity contribution in [2.75, 3.05) is 0 Å². The third-order valence-corrected chi connectivity index (χ3v) is 5.70. The van der Waals surface area contributed by atoms with E-state index in [1.165, 1.54) is 38.6 Å². The number of fused-ring (bicyclic) bond motifs is 5. The molecule has 0 aromatic heterocycles. The first-order chi connectivity index (χ1) is 12.8. The van der Waals surface area contributed by atoms with E-state index in [9.17, 15) is 5.26 Å². The van der Waals surface area contributed by atoms with Gasteiger partial charge in [-0.1, -0.05) is 60.7 Å². The first kappa shape index (κ1) is 15.2. The molecule has 0 spiro atoms. The molecule has 1 atom stereocenters. The van der Waals surface area contributed by atoms with Gasteiger partial charge in [0, 0.05) is 5.92 Å². The molecular weight excluding hydrogens is 314 g/mol. The van der Waals surface area contributed by atoms with Gasteiger partial charge in [-0.3, -0.25) is 0 Å². The van der Waals surface area contributed by atoms with Gasteiger partial charge in [0.05, 0.1) is 11.6 Å². The van der Waals surface area contributed by atoms with Gasteiger partial charge in [0.25, 0.3) is 0 Å². The highest BCUT2D eigenvalue weighted by Gasteiger charge is 2.30. The molecular formula is C25H19N. The molecule has 0 saturated heterocycles. The molecule has 3 aromatic rings. The zero-order valence-electron chi connectivity index (χ0n) is 14.6. The SMILES string of the molecule is N#Cc1cccc(C2CC3=CCCC=C3c3ccc4ccccc4c32)c1. The summed E-state index contributed by atoms with van der Waals surface area (Å²) in [7, 11) is 0. The number of benzene rings is 3. The van der Waals surface area contributed by atoms with Crippen LogP contribution in [0.1, 0.15) is 47.4 Å². The maximum Gasteiger partial charge on any atom is 0.0991 e. The zero-order valence-corrected chi connectivity index (χ0v) is 14.6. The molecule has 1 nitrogen and oxygen atoms in total.